The number of rotatable bonds is 5. The van der Waals surface area contributed by atoms with Gasteiger partial charge in [-0.3, -0.25) is 14.3 Å². The third-order valence-electron chi connectivity index (χ3n) is 3.38. The van der Waals surface area contributed by atoms with Crippen LogP contribution in [0.15, 0.2) is 58.0 Å². The Hall–Kier alpha value is -2.89. The first kappa shape index (κ1) is 14.1. The fourth-order valence-electron chi connectivity index (χ4n) is 2.23. The fourth-order valence-corrected chi connectivity index (χ4v) is 2.23. The number of hydrogen-bond acceptors (Lipinski definition) is 4. The highest BCUT2D eigenvalue weighted by Gasteiger charge is 2.10. The van der Waals surface area contributed by atoms with Crippen molar-refractivity contribution < 1.29 is 9.21 Å². The second kappa shape index (κ2) is 6.26. The summed E-state index contributed by atoms with van der Waals surface area (Å²) in [6, 6.07) is 10.9. The number of carbonyl (C=O) groups is 1. The van der Waals surface area contributed by atoms with E-state index in [2.05, 4.69) is 10.3 Å². The smallest absolute Gasteiger partial charge is 0.408 e. The minimum absolute atomic E-state index is 0.117. The summed E-state index contributed by atoms with van der Waals surface area (Å²) in [5.41, 5.74) is 2.22. The summed E-state index contributed by atoms with van der Waals surface area (Å²) >= 11 is 0. The second-order valence-electron chi connectivity index (χ2n) is 4.87. The molecular formula is C16H15N3O3. The molecular weight excluding hydrogens is 282 g/mol. The fraction of sp³-hybridized carbons (Fsp3) is 0.188. The van der Waals surface area contributed by atoms with Crippen LogP contribution in [0.3, 0.4) is 0 Å². The van der Waals surface area contributed by atoms with Crippen molar-refractivity contribution in [1.29, 1.82) is 0 Å². The number of nitrogens with one attached hydrogen (secondary N) is 1. The molecule has 0 saturated carbocycles. The van der Waals surface area contributed by atoms with E-state index >= 15 is 0 Å². The molecule has 0 spiro atoms. The molecule has 0 unspecified atom stereocenters. The molecule has 3 rings (SSSR count). The summed E-state index contributed by atoms with van der Waals surface area (Å²) in [4.78, 5) is 27.6. The molecule has 0 saturated heterocycles. The summed E-state index contributed by atoms with van der Waals surface area (Å²) < 4.78 is 6.60. The van der Waals surface area contributed by atoms with Gasteiger partial charge in [0.25, 0.3) is 0 Å². The molecule has 0 fully saturated rings. The number of fused-ring (bicyclic) bond motifs is 1. The van der Waals surface area contributed by atoms with Crippen LogP contribution in [0, 0.1) is 0 Å². The van der Waals surface area contributed by atoms with E-state index in [1.165, 1.54) is 4.57 Å². The first-order valence-electron chi connectivity index (χ1n) is 6.98. The van der Waals surface area contributed by atoms with Crippen molar-refractivity contribution >= 4 is 17.0 Å². The molecule has 1 amide bonds. The molecule has 1 aromatic carbocycles. The molecule has 0 aliphatic carbocycles. The molecule has 0 bridgehead atoms. The zero-order chi connectivity index (χ0) is 15.4. The van der Waals surface area contributed by atoms with E-state index in [0.29, 0.717) is 17.6 Å². The first-order chi connectivity index (χ1) is 10.7. The van der Waals surface area contributed by atoms with Crippen molar-refractivity contribution in [3.05, 3.63) is 64.9 Å². The highest BCUT2D eigenvalue weighted by Crippen LogP contribution is 2.11. The predicted octanol–water partition coefficient (Wildman–Crippen LogP) is 1.70. The van der Waals surface area contributed by atoms with Crippen molar-refractivity contribution in [1.82, 2.24) is 14.9 Å². The normalized spacial score (nSPS) is 10.7. The predicted molar refractivity (Wildman–Crippen MR) is 81.2 cm³/mol. The Labute approximate surface area is 126 Å². The van der Waals surface area contributed by atoms with Crippen molar-refractivity contribution in [2.45, 2.75) is 19.5 Å². The van der Waals surface area contributed by atoms with Gasteiger partial charge in [-0.15, -0.1) is 0 Å². The Balaban J connectivity index is 1.61. The number of nitrogens with zero attached hydrogens (tertiary/aromatic N) is 2. The number of pyridine rings is 1. The molecule has 112 valence electrons. The van der Waals surface area contributed by atoms with E-state index in [0.717, 1.165) is 5.56 Å². The summed E-state index contributed by atoms with van der Waals surface area (Å²) in [7, 11) is 0. The van der Waals surface area contributed by atoms with E-state index in [9.17, 15) is 9.59 Å². The van der Waals surface area contributed by atoms with Gasteiger partial charge in [-0.05, 0) is 29.8 Å². The standard InChI is InChI=1S/C16H15N3O3/c20-15(18-11-12-5-8-17-9-6-12)7-10-19-13-3-1-2-4-14(13)22-16(19)21/h1-6,8-9H,7,10-11H2,(H,18,20). The van der Waals surface area contributed by atoms with Gasteiger partial charge in [-0.25, -0.2) is 4.79 Å². The van der Waals surface area contributed by atoms with Crippen LogP contribution in [0.5, 0.6) is 0 Å². The monoisotopic (exact) mass is 297 g/mol. The number of para-hydroxylation sites is 2. The van der Waals surface area contributed by atoms with Gasteiger partial charge in [-0.1, -0.05) is 12.1 Å². The molecule has 0 radical (unpaired) electrons. The lowest BCUT2D eigenvalue weighted by atomic mass is 10.2. The van der Waals surface area contributed by atoms with E-state index in [4.69, 9.17) is 4.42 Å². The Morgan fingerprint density at radius 3 is 2.77 bits per heavy atom. The third kappa shape index (κ3) is 3.06. The number of oxazole rings is 1. The minimum atomic E-state index is -0.442. The quantitative estimate of drug-likeness (QED) is 0.777. The molecule has 3 aromatic rings. The molecule has 0 aliphatic rings. The van der Waals surface area contributed by atoms with Crippen molar-refractivity contribution in [2.75, 3.05) is 0 Å². The SMILES string of the molecule is O=C(CCn1c(=O)oc2ccccc21)NCc1ccncc1. The zero-order valence-corrected chi connectivity index (χ0v) is 11.9. The lowest BCUT2D eigenvalue weighted by molar-refractivity contribution is -0.121. The number of aromatic nitrogens is 2. The lowest BCUT2D eigenvalue weighted by Gasteiger charge is -2.05. The molecule has 22 heavy (non-hydrogen) atoms. The second-order valence-corrected chi connectivity index (χ2v) is 4.87. The number of aryl methyl sites for hydroxylation is 1. The van der Waals surface area contributed by atoms with Crippen molar-refractivity contribution in [3.8, 4) is 0 Å². The van der Waals surface area contributed by atoms with Crippen LogP contribution in [-0.2, 0) is 17.9 Å². The summed E-state index contributed by atoms with van der Waals surface area (Å²) in [5.74, 6) is -0.558. The number of carbonyl (C=O) groups excluding carboxylic acids is 1. The molecule has 6 nitrogen and oxygen atoms in total. The summed E-state index contributed by atoms with van der Waals surface area (Å²) in [6.45, 7) is 0.737. The van der Waals surface area contributed by atoms with E-state index in [1.54, 1.807) is 30.6 Å². The van der Waals surface area contributed by atoms with Crippen LogP contribution < -0.4 is 11.1 Å². The third-order valence-corrected chi connectivity index (χ3v) is 3.38. The average Bonchev–Trinajstić information content (AvgIpc) is 2.87. The molecule has 0 atom stereocenters. The van der Waals surface area contributed by atoms with Gasteiger partial charge in [0.15, 0.2) is 5.58 Å². The molecule has 2 aromatic heterocycles. The Bertz CT molecular complexity index is 836. The Morgan fingerprint density at radius 2 is 1.95 bits per heavy atom. The van der Waals surface area contributed by atoms with E-state index < -0.39 is 5.76 Å². The van der Waals surface area contributed by atoms with Crippen molar-refractivity contribution in [3.63, 3.8) is 0 Å². The van der Waals surface area contributed by atoms with Crippen LogP contribution in [0.2, 0.25) is 0 Å². The number of hydrogen-bond donors (Lipinski definition) is 1. The van der Waals surface area contributed by atoms with Crippen LogP contribution >= 0.6 is 0 Å². The number of amides is 1. The van der Waals surface area contributed by atoms with Crippen LogP contribution in [0.1, 0.15) is 12.0 Å². The average molecular weight is 297 g/mol. The molecule has 6 heteroatoms. The topological polar surface area (TPSA) is 77.1 Å². The first-order valence-corrected chi connectivity index (χ1v) is 6.98. The van der Waals surface area contributed by atoms with Crippen LogP contribution in [-0.4, -0.2) is 15.5 Å². The highest BCUT2D eigenvalue weighted by atomic mass is 16.4. The Kier molecular flexibility index (Phi) is 4.00. The maximum atomic E-state index is 11.9. The van der Waals surface area contributed by atoms with E-state index in [-0.39, 0.29) is 18.9 Å². The minimum Gasteiger partial charge on any atom is -0.408 e. The van der Waals surface area contributed by atoms with Gasteiger partial charge in [0.05, 0.1) is 5.52 Å². The van der Waals surface area contributed by atoms with Gasteiger partial charge in [0.1, 0.15) is 0 Å². The Morgan fingerprint density at radius 1 is 1.18 bits per heavy atom. The van der Waals surface area contributed by atoms with E-state index in [1.807, 2.05) is 18.2 Å². The van der Waals surface area contributed by atoms with Crippen molar-refractivity contribution in [2.24, 2.45) is 0 Å². The highest BCUT2D eigenvalue weighted by molar-refractivity contribution is 5.76. The molecule has 2 heterocycles. The van der Waals surface area contributed by atoms with Gasteiger partial charge in [0.2, 0.25) is 5.91 Å². The maximum Gasteiger partial charge on any atom is 0.419 e. The van der Waals surface area contributed by atoms with Gasteiger partial charge < -0.3 is 9.73 Å². The van der Waals surface area contributed by atoms with Gasteiger partial charge >= 0.3 is 5.76 Å². The van der Waals surface area contributed by atoms with Crippen LogP contribution in [0.25, 0.3) is 11.1 Å². The summed E-state index contributed by atoms with van der Waals surface area (Å²) in [5, 5.41) is 2.82. The molecule has 0 aliphatic heterocycles. The lowest BCUT2D eigenvalue weighted by Crippen LogP contribution is -2.25. The largest absolute Gasteiger partial charge is 0.419 e. The van der Waals surface area contributed by atoms with Crippen LogP contribution in [0.4, 0.5) is 0 Å². The molecule has 1 N–H and O–H groups in total. The van der Waals surface area contributed by atoms with Gasteiger partial charge in [0, 0.05) is 31.9 Å². The van der Waals surface area contributed by atoms with Gasteiger partial charge in [-0.2, -0.15) is 0 Å². The maximum absolute atomic E-state index is 11.9. The summed E-state index contributed by atoms with van der Waals surface area (Å²) in [6.07, 6.45) is 3.58. The zero-order valence-electron chi connectivity index (χ0n) is 11.9. The number of benzene rings is 1.